The Morgan fingerprint density at radius 1 is 1.30 bits per heavy atom. The van der Waals surface area contributed by atoms with Crippen molar-refractivity contribution in [2.75, 3.05) is 18.5 Å². The maximum Gasteiger partial charge on any atom is 0.267 e. The van der Waals surface area contributed by atoms with Gasteiger partial charge in [0.25, 0.3) is 5.56 Å². The van der Waals surface area contributed by atoms with Crippen LogP contribution >= 0.6 is 11.3 Å². The summed E-state index contributed by atoms with van der Waals surface area (Å²) in [4.78, 5) is 12.5. The van der Waals surface area contributed by atoms with Gasteiger partial charge in [0.05, 0.1) is 24.9 Å². The molecule has 8 heteroatoms. The standard InChI is InChI=1S/C15H19N5O2S/c1-9-17-18-15(23-9)16-12-7-22-8-13(12)20-14(21)6-10-4-2-3-5-11(10)19-20/h6,12-13H,2-5,7-8H2,1H3,(H,16,18). The molecule has 4 rings (SSSR count). The zero-order valence-electron chi connectivity index (χ0n) is 13.0. The number of aromatic nitrogens is 4. The average Bonchev–Trinajstić information content (AvgIpc) is 3.16. The minimum Gasteiger partial charge on any atom is -0.377 e. The summed E-state index contributed by atoms with van der Waals surface area (Å²) >= 11 is 1.50. The lowest BCUT2D eigenvalue weighted by molar-refractivity contribution is 0.182. The highest BCUT2D eigenvalue weighted by Gasteiger charge is 2.32. The molecule has 0 aromatic carbocycles. The van der Waals surface area contributed by atoms with E-state index in [4.69, 9.17) is 4.74 Å². The first kappa shape index (κ1) is 14.8. The molecule has 0 saturated carbocycles. The van der Waals surface area contributed by atoms with E-state index in [0.29, 0.717) is 13.2 Å². The minimum absolute atomic E-state index is 0.0193. The summed E-state index contributed by atoms with van der Waals surface area (Å²) < 4.78 is 7.20. The van der Waals surface area contributed by atoms with E-state index in [0.717, 1.165) is 47.1 Å². The zero-order chi connectivity index (χ0) is 15.8. The molecule has 1 aliphatic heterocycles. The molecule has 2 atom stereocenters. The van der Waals surface area contributed by atoms with Crippen LogP contribution in [0.4, 0.5) is 5.13 Å². The van der Waals surface area contributed by atoms with E-state index in [1.807, 2.05) is 6.92 Å². The molecule has 0 bridgehead atoms. The SMILES string of the molecule is Cc1nnc(NC2COCC2n2nc3c(cc2=O)CCCC3)s1. The molecule has 0 spiro atoms. The number of anilines is 1. The molecular weight excluding hydrogens is 314 g/mol. The summed E-state index contributed by atoms with van der Waals surface area (Å²) in [6.07, 6.45) is 4.21. The Bertz CT molecular complexity index is 771. The number of aryl methyl sites for hydroxylation is 3. The summed E-state index contributed by atoms with van der Waals surface area (Å²) in [6.45, 7) is 2.94. The first-order chi connectivity index (χ1) is 11.2. The Morgan fingerprint density at radius 3 is 3.00 bits per heavy atom. The van der Waals surface area contributed by atoms with Crippen LogP contribution in [-0.4, -0.2) is 39.2 Å². The van der Waals surface area contributed by atoms with Crippen molar-refractivity contribution in [1.82, 2.24) is 20.0 Å². The molecule has 122 valence electrons. The fourth-order valence-corrected chi connectivity index (χ4v) is 3.90. The number of hydrogen-bond acceptors (Lipinski definition) is 7. The fourth-order valence-electron chi connectivity index (χ4n) is 3.25. The van der Waals surface area contributed by atoms with E-state index >= 15 is 0 Å². The molecule has 2 unspecified atom stereocenters. The van der Waals surface area contributed by atoms with Crippen LogP contribution in [0.5, 0.6) is 0 Å². The maximum absolute atomic E-state index is 12.5. The van der Waals surface area contributed by atoms with Gasteiger partial charge in [0.1, 0.15) is 11.0 Å². The molecule has 0 radical (unpaired) electrons. The Kier molecular flexibility index (Phi) is 3.86. The van der Waals surface area contributed by atoms with E-state index in [1.165, 1.54) is 11.3 Å². The summed E-state index contributed by atoms with van der Waals surface area (Å²) in [5.74, 6) is 0. The molecule has 1 fully saturated rings. The lowest BCUT2D eigenvalue weighted by Gasteiger charge is -2.22. The van der Waals surface area contributed by atoms with E-state index in [1.54, 1.807) is 10.7 Å². The Labute approximate surface area is 137 Å². The number of nitrogens with zero attached hydrogens (tertiary/aromatic N) is 4. The summed E-state index contributed by atoms with van der Waals surface area (Å²) in [5.41, 5.74) is 2.13. The second-order valence-electron chi connectivity index (χ2n) is 6.09. The molecule has 2 aromatic heterocycles. The zero-order valence-corrected chi connectivity index (χ0v) is 13.8. The normalized spacial score (nSPS) is 23.7. The van der Waals surface area contributed by atoms with Crippen LogP contribution in [0.15, 0.2) is 10.9 Å². The van der Waals surface area contributed by atoms with Crippen LogP contribution in [0.3, 0.4) is 0 Å². The molecule has 1 aliphatic carbocycles. The molecular formula is C15H19N5O2S. The van der Waals surface area contributed by atoms with Gasteiger partial charge in [-0.05, 0) is 38.2 Å². The maximum atomic E-state index is 12.5. The van der Waals surface area contributed by atoms with Crippen molar-refractivity contribution in [3.05, 3.63) is 32.7 Å². The molecule has 0 amide bonds. The van der Waals surface area contributed by atoms with Gasteiger partial charge >= 0.3 is 0 Å². The highest BCUT2D eigenvalue weighted by Crippen LogP contribution is 2.25. The smallest absolute Gasteiger partial charge is 0.267 e. The van der Waals surface area contributed by atoms with Crippen molar-refractivity contribution in [2.45, 2.75) is 44.7 Å². The molecule has 3 heterocycles. The Hall–Kier alpha value is -1.80. The van der Waals surface area contributed by atoms with Crippen molar-refractivity contribution in [2.24, 2.45) is 0 Å². The second kappa shape index (κ2) is 6.01. The highest BCUT2D eigenvalue weighted by molar-refractivity contribution is 7.15. The predicted octanol–water partition coefficient (Wildman–Crippen LogP) is 1.33. The van der Waals surface area contributed by atoms with Crippen molar-refractivity contribution in [3.8, 4) is 0 Å². The van der Waals surface area contributed by atoms with Gasteiger partial charge in [-0.3, -0.25) is 4.79 Å². The Morgan fingerprint density at radius 2 is 2.17 bits per heavy atom. The molecule has 1 N–H and O–H groups in total. The van der Waals surface area contributed by atoms with E-state index in [2.05, 4.69) is 20.6 Å². The van der Waals surface area contributed by atoms with Gasteiger partial charge in [0.2, 0.25) is 5.13 Å². The van der Waals surface area contributed by atoms with Crippen LogP contribution in [0.2, 0.25) is 0 Å². The van der Waals surface area contributed by atoms with E-state index in [9.17, 15) is 4.79 Å². The Balaban J connectivity index is 1.62. The van der Waals surface area contributed by atoms with Gasteiger partial charge in [0.15, 0.2) is 0 Å². The monoisotopic (exact) mass is 333 g/mol. The number of ether oxygens (including phenoxy) is 1. The van der Waals surface area contributed by atoms with E-state index in [-0.39, 0.29) is 17.6 Å². The average molecular weight is 333 g/mol. The van der Waals surface area contributed by atoms with Crippen LogP contribution < -0.4 is 10.9 Å². The van der Waals surface area contributed by atoms with Gasteiger partial charge < -0.3 is 10.1 Å². The van der Waals surface area contributed by atoms with Gasteiger partial charge in [-0.2, -0.15) is 5.10 Å². The second-order valence-corrected chi connectivity index (χ2v) is 7.27. The molecule has 2 aliphatic rings. The number of rotatable bonds is 3. The third kappa shape index (κ3) is 2.88. The number of fused-ring (bicyclic) bond motifs is 1. The van der Waals surface area contributed by atoms with Crippen LogP contribution in [0.25, 0.3) is 0 Å². The molecule has 2 aromatic rings. The third-order valence-electron chi connectivity index (χ3n) is 4.43. The van der Waals surface area contributed by atoms with Crippen LogP contribution in [0, 0.1) is 6.92 Å². The van der Waals surface area contributed by atoms with Crippen molar-refractivity contribution < 1.29 is 4.74 Å². The van der Waals surface area contributed by atoms with Crippen LogP contribution in [0.1, 0.15) is 35.1 Å². The van der Waals surface area contributed by atoms with Crippen molar-refractivity contribution in [1.29, 1.82) is 0 Å². The van der Waals surface area contributed by atoms with Gasteiger partial charge in [-0.25, -0.2) is 4.68 Å². The van der Waals surface area contributed by atoms with Crippen LogP contribution in [-0.2, 0) is 17.6 Å². The fraction of sp³-hybridized carbons (Fsp3) is 0.600. The summed E-state index contributed by atoms with van der Waals surface area (Å²) in [7, 11) is 0. The van der Waals surface area contributed by atoms with Crippen molar-refractivity contribution in [3.63, 3.8) is 0 Å². The van der Waals surface area contributed by atoms with Gasteiger partial charge in [0, 0.05) is 6.07 Å². The first-order valence-electron chi connectivity index (χ1n) is 7.97. The summed E-state index contributed by atoms with van der Waals surface area (Å²) in [6, 6.07) is 1.62. The lowest BCUT2D eigenvalue weighted by Crippen LogP contribution is -2.38. The summed E-state index contributed by atoms with van der Waals surface area (Å²) in [5, 5.41) is 17.8. The van der Waals surface area contributed by atoms with E-state index < -0.39 is 0 Å². The number of hydrogen-bond donors (Lipinski definition) is 1. The highest BCUT2D eigenvalue weighted by atomic mass is 32.1. The topological polar surface area (TPSA) is 81.9 Å². The minimum atomic E-state index is -0.112. The van der Waals surface area contributed by atoms with Gasteiger partial charge in [-0.15, -0.1) is 10.2 Å². The molecule has 1 saturated heterocycles. The first-order valence-corrected chi connectivity index (χ1v) is 8.78. The largest absolute Gasteiger partial charge is 0.377 e. The quantitative estimate of drug-likeness (QED) is 0.913. The molecule has 23 heavy (non-hydrogen) atoms. The van der Waals surface area contributed by atoms with Crippen molar-refractivity contribution >= 4 is 16.5 Å². The number of nitrogens with one attached hydrogen (secondary N) is 1. The third-order valence-corrected chi connectivity index (χ3v) is 5.20. The van der Waals surface area contributed by atoms with Gasteiger partial charge in [-0.1, -0.05) is 11.3 Å². The predicted molar refractivity (Wildman–Crippen MR) is 87.1 cm³/mol. The lowest BCUT2D eigenvalue weighted by atomic mass is 9.97. The molecule has 7 nitrogen and oxygen atoms in total.